The average molecular weight is 263 g/mol. The molecule has 2 heterocycles. The Balaban J connectivity index is 2.02. The van der Waals surface area contributed by atoms with E-state index in [1.807, 2.05) is 0 Å². The van der Waals surface area contributed by atoms with Crippen LogP contribution in [0.4, 0.5) is 4.79 Å². The minimum absolute atomic E-state index is 0.0209. The van der Waals surface area contributed by atoms with Crippen molar-refractivity contribution in [3.63, 3.8) is 0 Å². The third kappa shape index (κ3) is 2.51. The maximum absolute atomic E-state index is 11.5. The molecule has 2 saturated heterocycles. The number of carboxylic acid groups (broad SMARTS) is 1. The van der Waals surface area contributed by atoms with Gasteiger partial charge < -0.3 is 14.7 Å². The number of carbonyl (C=O) groups is 2. The largest absolute Gasteiger partial charge is 0.481 e. The van der Waals surface area contributed by atoms with Crippen molar-refractivity contribution < 1.29 is 27.9 Å². The van der Waals surface area contributed by atoms with Gasteiger partial charge in [-0.3, -0.25) is 4.79 Å². The third-order valence-corrected chi connectivity index (χ3v) is 4.78. The van der Waals surface area contributed by atoms with E-state index >= 15 is 0 Å². The Kier molecular flexibility index (Phi) is 2.76. The average Bonchev–Trinajstić information content (AvgIpc) is 2.64. The van der Waals surface area contributed by atoms with E-state index in [0.29, 0.717) is 6.42 Å². The molecule has 0 bridgehead atoms. The molecular formula is C9H13NO6S. The Morgan fingerprint density at radius 2 is 2.24 bits per heavy atom. The summed E-state index contributed by atoms with van der Waals surface area (Å²) in [5.41, 5.74) is -0.950. The van der Waals surface area contributed by atoms with Gasteiger partial charge in [-0.05, 0) is 0 Å². The smallest absolute Gasteiger partial charge is 0.410 e. The second kappa shape index (κ2) is 3.86. The summed E-state index contributed by atoms with van der Waals surface area (Å²) >= 11 is 0. The molecule has 0 radical (unpaired) electrons. The molecular weight excluding hydrogens is 250 g/mol. The normalized spacial score (nSPS) is 30.8. The van der Waals surface area contributed by atoms with Crippen LogP contribution < -0.4 is 0 Å². The van der Waals surface area contributed by atoms with E-state index in [-0.39, 0.29) is 31.0 Å². The highest BCUT2D eigenvalue weighted by atomic mass is 32.2. The van der Waals surface area contributed by atoms with Gasteiger partial charge in [0.15, 0.2) is 9.84 Å². The molecule has 2 rings (SSSR count). The van der Waals surface area contributed by atoms with Gasteiger partial charge in [0.05, 0.1) is 24.5 Å². The maximum atomic E-state index is 11.5. The van der Waals surface area contributed by atoms with E-state index in [9.17, 15) is 18.0 Å². The van der Waals surface area contributed by atoms with Crippen LogP contribution in [0.3, 0.4) is 0 Å². The molecule has 0 saturated carbocycles. The fourth-order valence-electron chi connectivity index (χ4n) is 2.19. The summed E-state index contributed by atoms with van der Waals surface area (Å²) in [6.07, 6.45) is -0.494. The number of nitrogens with zero attached hydrogens (tertiary/aromatic N) is 1. The number of amides is 1. The fraction of sp³-hybridized carbons (Fsp3) is 0.778. The Labute approximate surface area is 98.3 Å². The number of hydrogen-bond acceptors (Lipinski definition) is 5. The predicted octanol–water partition coefficient (Wildman–Crippen LogP) is -0.529. The summed E-state index contributed by atoms with van der Waals surface area (Å²) in [4.78, 5) is 23.1. The molecule has 0 aromatic rings. The summed E-state index contributed by atoms with van der Waals surface area (Å²) in [6.45, 7) is 0.217. The van der Waals surface area contributed by atoms with Gasteiger partial charge in [0.25, 0.3) is 0 Å². The van der Waals surface area contributed by atoms with Gasteiger partial charge in [-0.15, -0.1) is 0 Å². The molecule has 7 nitrogen and oxygen atoms in total. The second-order valence-electron chi connectivity index (χ2n) is 4.46. The molecule has 1 amide bonds. The molecule has 1 atom stereocenters. The van der Waals surface area contributed by atoms with Crippen LogP contribution in [-0.4, -0.2) is 60.7 Å². The summed E-state index contributed by atoms with van der Waals surface area (Å²) in [5, 5.41) is 8.53. The van der Waals surface area contributed by atoms with Crippen molar-refractivity contribution in [3.05, 3.63) is 0 Å². The summed E-state index contributed by atoms with van der Waals surface area (Å²) in [5.74, 6) is -1.14. The zero-order valence-corrected chi connectivity index (χ0v) is 9.90. The Morgan fingerprint density at radius 3 is 2.76 bits per heavy atom. The minimum Gasteiger partial charge on any atom is -0.481 e. The zero-order chi connectivity index (χ0) is 12.7. The summed E-state index contributed by atoms with van der Waals surface area (Å²) in [7, 11) is -3.14. The molecule has 1 unspecified atom stereocenters. The van der Waals surface area contributed by atoms with Crippen molar-refractivity contribution in [3.8, 4) is 0 Å². The van der Waals surface area contributed by atoms with Crippen molar-refractivity contribution in [2.75, 3.05) is 24.6 Å². The predicted molar refractivity (Wildman–Crippen MR) is 56.3 cm³/mol. The van der Waals surface area contributed by atoms with Crippen molar-refractivity contribution >= 4 is 21.9 Å². The van der Waals surface area contributed by atoms with Gasteiger partial charge in [-0.25, -0.2) is 13.2 Å². The first-order valence-corrected chi connectivity index (χ1v) is 7.04. The van der Waals surface area contributed by atoms with Gasteiger partial charge in [0, 0.05) is 13.0 Å². The maximum Gasteiger partial charge on any atom is 0.410 e. The number of hydrogen-bond donors (Lipinski definition) is 1. The number of sulfone groups is 1. The number of ether oxygens (including phenoxy) is 1. The van der Waals surface area contributed by atoms with Crippen LogP contribution in [0.25, 0.3) is 0 Å². The first-order chi connectivity index (χ1) is 7.82. The van der Waals surface area contributed by atoms with Gasteiger partial charge in [0.1, 0.15) is 5.60 Å². The number of aliphatic carboxylic acids is 1. The molecule has 1 spiro atoms. The van der Waals surface area contributed by atoms with Gasteiger partial charge in [-0.2, -0.15) is 0 Å². The molecule has 2 aliphatic heterocycles. The summed E-state index contributed by atoms with van der Waals surface area (Å²) in [6, 6.07) is 0. The van der Waals surface area contributed by atoms with E-state index in [2.05, 4.69) is 0 Å². The van der Waals surface area contributed by atoms with Crippen LogP contribution in [-0.2, 0) is 19.4 Å². The number of carboxylic acids is 1. The van der Waals surface area contributed by atoms with Crippen molar-refractivity contribution in [2.24, 2.45) is 0 Å². The molecule has 0 aliphatic carbocycles. The highest BCUT2D eigenvalue weighted by Gasteiger charge is 2.52. The van der Waals surface area contributed by atoms with Crippen molar-refractivity contribution in [2.45, 2.75) is 18.4 Å². The highest BCUT2D eigenvalue weighted by Crippen LogP contribution is 2.33. The van der Waals surface area contributed by atoms with Crippen LogP contribution in [0, 0.1) is 0 Å². The van der Waals surface area contributed by atoms with Crippen LogP contribution in [0.2, 0.25) is 0 Å². The van der Waals surface area contributed by atoms with E-state index < -0.39 is 27.5 Å². The van der Waals surface area contributed by atoms with E-state index in [0.717, 1.165) is 0 Å². The molecule has 2 fully saturated rings. The standard InChI is InChI=1S/C9H13NO6S/c11-7(12)1-3-10-5-9(16-8(10)13)2-4-17(14,15)6-9/h1-6H2,(H,11,12). The lowest BCUT2D eigenvalue weighted by molar-refractivity contribution is -0.137. The fourth-order valence-corrected chi connectivity index (χ4v) is 4.11. The van der Waals surface area contributed by atoms with Gasteiger partial charge in [-0.1, -0.05) is 0 Å². The van der Waals surface area contributed by atoms with Crippen LogP contribution in [0.15, 0.2) is 0 Å². The van der Waals surface area contributed by atoms with Crippen molar-refractivity contribution in [1.82, 2.24) is 4.90 Å². The molecule has 0 aromatic heterocycles. The lowest BCUT2D eigenvalue weighted by atomic mass is 10.0. The topological polar surface area (TPSA) is 101 Å². The van der Waals surface area contributed by atoms with Gasteiger partial charge >= 0.3 is 12.1 Å². The van der Waals surface area contributed by atoms with E-state index in [1.165, 1.54) is 4.90 Å². The molecule has 1 N–H and O–H groups in total. The van der Waals surface area contributed by atoms with Crippen LogP contribution >= 0.6 is 0 Å². The lowest BCUT2D eigenvalue weighted by Gasteiger charge is -2.18. The Bertz CT molecular complexity index is 458. The third-order valence-electron chi connectivity index (χ3n) is 2.99. The quantitative estimate of drug-likeness (QED) is 0.734. The van der Waals surface area contributed by atoms with Crippen molar-refractivity contribution in [1.29, 1.82) is 0 Å². The molecule has 0 aromatic carbocycles. The van der Waals surface area contributed by atoms with E-state index in [4.69, 9.17) is 9.84 Å². The SMILES string of the molecule is O=C(O)CCN1CC2(CCS(=O)(=O)C2)OC1=O. The molecule has 96 valence electrons. The Morgan fingerprint density at radius 1 is 1.53 bits per heavy atom. The monoisotopic (exact) mass is 263 g/mol. The number of rotatable bonds is 3. The first kappa shape index (κ1) is 12.2. The van der Waals surface area contributed by atoms with Gasteiger partial charge in [0.2, 0.25) is 0 Å². The van der Waals surface area contributed by atoms with Crippen LogP contribution in [0.1, 0.15) is 12.8 Å². The lowest BCUT2D eigenvalue weighted by Crippen LogP contribution is -2.36. The molecule has 17 heavy (non-hydrogen) atoms. The molecule has 2 aliphatic rings. The second-order valence-corrected chi connectivity index (χ2v) is 6.64. The number of carbonyl (C=O) groups excluding carboxylic acids is 1. The first-order valence-electron chi connectivity index (χ1n) is 5.22. The van der Waals surface area contributed by atoms with Crippen LogP contribution in [0.5, 0.6) is 0 Å². The summed E-state index contributed by atoms with van der Waals surface area (Å²) < 4.78 is 27.8. The highest BCUT2D eigenvalue weighted by molar-refractivity contribution is 7.91. The zero-order valence-electron chi connectivity index (χ0n) is 9.09. The molecule has 8 heteroatoms. The van der Waals surface area contributed by atoms with E-state index in [1.54, 1.807) is 0 Å². The minimum atomic E-state index is -3.14. The Hall–Kier alpha value is -1.31.